The summed E-state index contributed by atoms with van der Waals surface area (Å²) in [6.07, 6.45) is 2.00. The van der Waals surface area contributed by atoms with Gasteiger partial charge in [0.25, 0.3) is 0 Å². The quantitative estimate of drug-likeness (QED) is 0.152. The summed E-state index contributed by atoms with van der Waals surface area (Å²) in [5.41, 5.74) is 15.3. The SMILES string of the molecule is [2H]c1c(Oc2ccc3c4cc(C(C)(C)C)ccc4n(-c4cc(C(C)(C)C)c(-c5ccccc5)cn4)c3c2)cc(N2CN(c3c(-c4ccccc4)cccc3-c3ccc(C(C)(C)C)cc3)c3ccccc32)c([2H])c1[2H]. The van der Waals surface area contributed by atoms with E-state index in [9.17, 15) is 4.11 Å². The molecule has 71 heavy (non-hydrogen) atoms. The number of fused-ring (bicyclic) bond motifs is 4. The van der Waals surface area contributed by atoms with Crippen molar-refractivity contribution in [3.63, 3.8) is 0 Å². The molecule has 5 heteroatoms. The van der Waals surface area contributed by atoms with Crippen LogP contribution in [0.4, 0.5) is 22.7 Å². The summed E-state index contributed by atoms with van der Waals surface area (Å²) in [4.78, 5) is 9.60. The molecule has 2 aromatic heterocycles. The number of rotatable bonds is 8. The fourth-order valence-electron chi connectivity index (χ4n) is 10.2. The van der Waals surface area contributed by atoms with E-state index in [1.165, 1.54) is 16.7 Å². The maximum absolute atomic E-state index is 9.46. The zero-order valence-corrected chi connectivity index (χ0v) is 42.2. The first-order valence-corrected chi connectivity index (χ1v) is 24.7. The van der Waals surface area contributed by atoms with Crippen molar-refractivity contribution in [2.75, 3.05) is 16.5 Å². The molecule has 0 unspecified atom stereocenters. The van der Waals surface area contributed by atoms with Crippen LogP contribution < -0.4 is 14.5 Å². The smallest absolute Gasteiger partial charge is 0.137 e. The van der Waals surface area contributed by atoms with E-state index in [2.05, 4.69) is 210 Å². The molecule has 0 N–H and O–H groups in total. The summed E-state index contributed by atoms with van der Waals surface area (Å²) in [6.45, 7) is 20.5. The summed E-state index contributed by atoms with van der Waals surface area (Å²) in [6, 6.07) is 61.0. The number of pyridine rings is 1. The second-order valence-electron chi connectivity index (χ2n) is 22.0. The number of hydrogen-bond acceptors (Lipinski definition) is 4. The van der Waals surface area contributed by atoms with Gasteiger partial charge in [0, 0.05) is 51.5 Å². The van der Waals surface area contributed by atoms with Crippen LogP contribution in [-0.4, -0.2) is 16.2 Å². The normalized spacial score (nSPS) is 13.6. The highest BCUT2D eigenvalue weighted by Crippen LogP contribution is 2.51. The largest absolute Gasteiger partial charge is 0.457 e. The fraction of sp³-hybridized carbons (Fsp3) is 0.197. The van der Waals surface area contributed by atoms with Crippen LogP contribution in [0.15, 0.2) is 200 Å². The van der Waals surface area contributed by atoms with E-state index in [-0.39, 0.29) is 40.1 Å². The second-order valence-corrected chi connectivity index (χ2v) is 22.0. The predicted molar refractivity (Wildman–Crippen MR) is 300 cm³/mol. The van der Waals surface area contributed by atoms with E-state index in [1.54, 1.807) is 6.07 Å². The lowest BCUT2D eigenvalue weighted by Crippen LogP contribution is -2.25. The zero-order chi connectivity index (χ0) is 51.8. The Kier molecular flexibility index (Phi) is 10.4. The Hall–Kier alpha value is -7.89. The van der Waals surface area contributed by atoms with Gasteiger partial charge < -0.3 is 14.5 Å². The van der Waals surface area contributed by atoms with E-state index >= 15 is 0 Å². The highest BCUT2D eigenvalue weighted by atomic mass is 16.5. The van der Waals surface area contributed by atoms with Crippen LogP contribution in [0.3, 0.4) is 0 Å². The topological polar surface area (TPSA) is 33.5 Å². The molecule has 0 bridgehead atoms. The Balaban J connectivity index is 1.03. The molecular weight excluding hydrogens is 865 g/mol. The maximum atomic E-state index is 9.46. The summed E-state index contributed by atoms with van der Waals surface area (Å²) >= 11 is 0. The molecule has 0 aliphatic carbocycles. The minimum absolute atomic E-state index is 0.0105. The summed E-state index contributed by atoms with van der Waals surface area (Å²) in [5.74, 6) is 1.49. The van der Waals surface area contributed by atoms with Crippen molar-refractivity contribution in [2.45, 2.75) is 78.6 Å². The third kappa shape index (κ3) is 8.54. The average molecular weight is 930 g/mol. The van der Waals surface area contributed by atoms with Crippen molar-refractivity contribution in [2.24, 2.45) is 0 Å². The van der Waals surface area contributed by atoms with Crippen molar-refractivity contribution in [1.29, 1.82) is 0 Å². The lowest BCUT2D eigenvalue weighted by Gasteiger charge is -2.27. The number of aromatic nitrogens is 2. The van der Waals surface area contributed by atoms with Gasteiger partial charge in [0.2, 0.25) is 0 Å². The van der Waals surface area contributed by atoms with Gasteiger partial charge in [0.1, 0.15) is 24.0 Å². The van der Waals surface area contributed by atoms with Crippen molar-refractivity contribution in [3.8, 4) is 50.7 Å². The third-order valence-corrected chi connectivity index (χ3v) is 14.0. The molecule has 8 aromatic carbocycles. The number of benzene rings is 8. The molecule has 5 nitrogen and oxygen atoms in total. The molecule has 0 atom stereocenters. The highest BCUT2D eigenvalue weighted by molar-refractivity contribution is 6.10. The Morgan fingerprint density at radius 3 is 1.73 bits per heavy atom. The van der Waals surface area contributed by atoms with Crippen molar-refractivity contribution in [3.05, 3.63) is 217 Å². The van der Waals surface area contributed by atoms with Gasteiger partial charge in [-0.15, -0.1) is 0 Å². The number of nitrogens with zero attached hydrogens (tertiary/aromatic N) is 4. The predicted octanol–water partition coefficient (Wildman–Crippen LogP) is 18.1. The number of para-hydroxylation sites is 3. The Bertz CT molecular complexity index is 3770. The van der Waals surface area contributed by atoms with Gasteiger partial charge in [-0.3, -0.25) is 4.57 Å². The molecule has 352 valence electrons. The minimum Gasteiger partial charge on any atom is -0.457 e. The Labute approximate surface area is 423 Å². The molecule has 3 heterocycles. The van der Waals surface area contributed by atoms with Crippen molar-refractivity contribution < 1.29 is 8.85 Å². The van der Waals surface area contributed by atoms with Crippen LogP contribution >= 0.6 is 0 Å². The van der Waals surface area contributed by atoms with E-state index in [4.69, 9.17) is 9.72 Å². The first-order chi connectivity index (χ1) is 35.3. The first-order valence-electron chi connectivity index (χ1n) is 26.2. The van der Waals surface area contributed by atoms with E-state index in [0.717, 1.165) is 78.1 Å². The van der Waals surface area contributed by atoms with Gasteiger partial charge in [-0.1, -0.05) is 190 Å². The van der Waals surface area contributed by atoms with Crippen LogP contribution in [0, 0.1) is 0 Å². The van der Waals surface area contributed by atoms with Gasteiger partial charge in [0.15, 0.2) is 0 Å². The first kappa shape index (κ1) is 42.0. The molecule has 0 saturated carbocycles. The lowest BCUT2D eigenvalue weighted by molar-refractivity contribution is 0.483. The van der Waals surface area contributed by atoms with Crippen molar-refractivity contribution >= 4 is 44.6 Å². The molecule has 0 radical (unpaired) electrons. The molecule has 11 rings (SSSR count). The standard InChI is InChI=1S/C66H62N4O/c1-64(2,3)47-32-30-46(31-33-47)53-27-19-26-52(44-20-12-10-13-21-44)63(53)69-43-68(59-28-16-17-29-60(59)69)49-24-18-25-50(39-49)71-51-35-36-54-55-38-48(65(4,5)6)34-37-58(55)70(61(54)40-51)62-41-57(66(7,8)9)56(42-67-62)45-22-14-11-15-23-45/h10-42H,43H2,1-9H3/i18D,24D,25D. The van der Waals surface area contributed by atoms with Crippen LogP contribution in [0.5, 0.6) is 11.5 Å². The second kappa shape index (κ2) is 17.5. The number of ether oxygens (including phenoxy) is 1. The molecular formula is C66H62N4O. The average Bonchev–Trinajstić information content (AvgIpc) is 3.94. The molecule has 0 amide bonds. The van der Waals surface area contributed by atoms with Crippen LogP contribution in [-0.2, 0) is 16.2 Å². The van der Waals surface area contributed by atoms with Crippen LogP contribution in [0.2, 0.25) is 0 Å². The summed E-state index contributed by atoms with van der Waals surface area (Å²) in [5, 5.41) is 2.16. The molecule has 0 spiro atoms. The maximum Gasteiger partial charge on any atom is 0.137 e. The Morgan fingerprint density at radius 2 is 1.08 bits per heavy atom. The minimum atomic E-state index is -0.208. The summed E-state index contributed by atoms with van der Waals surface area (Å²) in [7, 11) is 0. The van der Waals surface area contributed by atoms with E-state index in [1.807, 2.05) is 42.6 Å². The van der Waals surface area contributed by atoms with E-state index in [0.29, 0.717) is 18.1 Å². The third-order valence-electron chi connectivity index (χ3n) is 14.0. The van der Waals surface area contributed by atoms with Crippen LogP contribution in [0.25, 0.3) is 61.0 Å². The number of anilines is 4. The van der Waals surface area contributed by atoms with Gasteiger partial charge in [-0.25, -0.2) is 4.98 Å². The monoisotopic (exact) mass is 930 g/mol. The van der Waals surface area contributed by atoms with Gasteiger partial charge in [0.05, 0.1) is 32.2 Å². The fourth-order valence-corrected chi connectivity index (χ4v) is 10.2. The molecule has 1 aliphatic rings. The molecule has 0 saturated heterocycles. The molecule has 10 aromatic rings. The summed E-state index contributed by atoms with van der Waals surface area (Å²) < 4.78 is 37.0. The highest BCUT2D eigenvalue weighted by Gasteiger charge is 2.32. The van der Waals surface area contributed by atoms with Gasteiger partial charge in [-0.05, 0) is 104 Å². The lowest BCUT2D eigenvalue weighted by atomic mass is 9.82. The zero-order valence-electron chi connectivity index (χ0n) is 45.2. The Morgan fingerprint density at radius 1 is 0.479 bits per heavy atom. The van der Waals surface area contributed by atoms with E-state index < -0.39 is 0 Å². The van der Waals surface area contributed by atoms with Gasteiger partial charge in [-0.2, -0.15) is 0 Å². The molecule has 1 aliphatic heterocycles. The van der Waals surface area contributed by atoms with Crippen molar-refractivity contribution in [1.82, 2.24) is 9.55 Å². The van der Waals surface area contributed by atoms with Gasteiger partial charge >= 0.3 is 0 Å². The number of hydrogen-bond donors (Lipinski definition) is 0. The molecule has 0 fully saturated rings. The van der Waals surface area contributed by atoms with Crippen LogP contribution in [0.1, 0.15) is 83.1 Å².